The molecule has 0 bridgehead atoms. The maximum Gasteiger partial charge on any atom is 0.224 e. The van der Waals surface area contributed by atoms with Gasteiger partial charge in [0.15, 0.2) is 0 Å². The van der Waals surface area contributed by atoms with Crippen LogP contribution in [0.1, 0.15) is 5.82 Å². The van der Waals surface area contributed by atoms with E-state index in [4.69, 9.17) is 12.2 Å². The minimum Gasteiger partial charge on any atom is -0.359 e. The summed E-state index contributed by atoms with van der Waals surface area (Å²) in [5.41, 5.74) is 0. The Bertz CT molecular complexity index is 279. The molecule has 0 saturated carbocycles. The molecule has 5 heteroatoms. The third-order valence-corrected chi connectivity index (χ3v) is 1.19. The molecule has 4 nitrogen and oxygen atoms in total. The van der Waals surface area contributed by atoms with Crippen LogP contribution in [0, 0.1) is 11.7 Å². The van der Waals surface area contributed by atoms with E-state index < -0.39 is 0 Å². The van der Waals surface area contributed by atoms with Crippen molar-refractivity contribution in [3.05, 3.63) is 10.6 Å². The minimum atomic E-state index is 0.362. The normalized spacial score (nSPS) is 9.40. The van der Waals surface area contributed by atoms with Crippen molar-refractivity contribution in [2.24, 2.45) is 0 Å². The highest BCUT2D eigenvalue weighted by atomic mass is 32.1. The first kappa shape index (κ1) is 7.14. The predicted molar refractivity (Wildman–Crippen MR) is 41.5 cm³/mol. The number of hydrogen-bond donors (Lipinski definition) is 2. The van der Waals surface area contributed by atoms with E-state index in [-0.39, 0.29) is 0 Å². The molecule has 0 aromatic carbocycles. The number of nitrogens with one attached hydrogen (secondary N) is 2. The number of H-pyrrole nitrogens is 1. The van der Waals surface area contributed by atoms with E-state index in [9.17, 15) is 0 Å². The molecule has 0 radical (unpaired) electrons. The Morgan fingerprint density at radius 1 is 1.50 bits per heavy atom. The number of aromatic amines is 1. The molecule has 1 rings (SSSR count). The second-order valence-electron chi connectivity index (χ2n) is 1.82. The molecule has 0 amide bonds. The lowest BCUT2D eigenvalue weighted by Gasteiger charge is -1.98. The Morgan fingerprint density at radius 3 is 2.70 bits per heavy atom. The Labute approximate surface area is 63.7 Å². The van der Waals surface area contributed by atoms with E-state index in [0.29, 0.717) is 10.7 Å². The third-order valence-electron chi connectivity index (χ3n) is 1.01. The highest BCUT2D eigenvalue weighted by Gasteiger charge is 1.90. The van der Waals surface area contributed by atoms with E-state index in [2.05, 4.69) is 20.3 Å². The average Bonchev–Trinajstić information content (AvgIpc) is 1.85. The molecule has 1 heterocycles. The maximum atomic E-state index is 4.77. The first-order chi connectivity index (χ1) is 4.72. The van der Waals surface area contributed by atoms with Crippen LogP contribution >= 0.6 is 12.2 Å². The fourth-order valence-electron chi connectivity index (χ4n) is 0.610. The fourth-order valence-corrected chi connectivity index (χ4v) is 0.838. The van der Waals surface area contributed by atoms with Gasteiger partial charge in [0, 0.05) is 7.05 Å². The Balaban J connectivity index is 3.19. The van der Waals surface area contributed by atoms with Crippen molar-refractivity contribution >= 4 is 18.2 Å². The quantitative estimate of drug-likeness (QED) is 0.593. The largest absolute Gasteiger partial charge is 0.359 e. The van der Waals surface area contributed by atoms with Crippen LogP contribution in [0.3, 0.4) is 0 Å². The summed E-state index contributed by atoms with van der Waals surface area (Å²) in [7, 11) is 1.77. The van der Waals surface area contributed by atoms with Crippen LogP contribution in [-0.2, 0) is 0 Å². The standard InChI is InChI=1S/C5H8N4S/c1-3-7-4(6-2)9-5(10)8-3/h1-2H3,(H2,6,7,8,9,10). The van der Waals surface area contributed by atoms with Gasteiger partial charge in [-0.15, -0.1) is 0 Å². The van der Waals surface area contributed by atoms with E-state index in [1.807, 2.05) is 6.92 Å². The van der Waals surface area contributed by atoms with Gasteiger partial charge >= 0.3 is 0 Å². The second kappa shape index (κ2) is 2.74. The van der Waals surface area contributed by atoms with Crippen LogP contribution in [0.5, 0.6) is 0 Å². The maximum absolute atomic E-state index is 4.77. The molecule has 0 aliphatic rings. The summed E-state index contributed by atoms with van der Waals surface area (Å²) in [5, 5.41) is 2.84. The lowest BCUT2D eigenvalue weighted by molar-refractivity contribution is 0.960. The number of aryl methyl sites for hydroxylation is 1. The van der Waals surface area contributed by atoms with Crippen molar-refractivity contribution in [2.75, 3.05) is 12.4 Å². The van der Waals surface area contributed by atoms with Crippen molar-refractivity contribution in [1.82, 2.24) is 15.0 Å². The van der Waals surface area contributed by atoms with Crippen molar-refractivity contribution in [3.63, 3.8) is 0 Å². The smallest absolute Gasteiger partial charge is 0.224 e. The van der Waals surface area contributed by atoms with Crippen LogP contribution in [0.25, 0.3) is 0 Å². The van der Waals surface area contributed by atoms with E-state index >= 15 is 0 Å². The van der Waals surface area contributed by atoms with Gasteiger partial charge in [-0.2, -0.15) is 4.98 Å². The van der Waals surface area contributed by atoms with E-state index in [1.165, 1.54) is 0 Å². The number of hydrogen-bond acceptors (Lipinski definition) is 4. The summed E-state index contributed by atoms with van der Waals surface area (Å²) in [5.74, 6) is 1.42. The first-order valence-electron chi connectivity index (χ1n) is 2.85. The number of nitrogens with zero attached hydrogens (tertiary/aromatic N) is 2. The van der Waals surface area contributed by atoms with Crippen molar-refractivity contribution in [3.8, 4) is 0 Å². The molecular weight excluding hydrogens is 148 g/mol. The third kappa shape index (κ3) is 1.51. The zero-order chi connectivity index (χ0) is 7.56. The fraction of sp³-hybridized carbons (Fsp3) is 0.400. The number of aromatic nitrogens is 3. The Hall–Kier alpha value is -0.970. The predicted octanol–water partition coefficient (Wildman–Crippen LogP) is 0.884. The summed E-state index contributed by atoms with van der Waals surface area (Å²) < 4.78 is 0.362. The zero-order valence-corrected chi connectivity index (χ0v) is 6.62. The van der Waals surface area contributed by atoms with Crippen LogP contribution in [0.4, 0.5) is 5.95 Å². The van der Waals surface area contributed by atoms with Gasteiger partial charge in [0.2, 0.25) is 10.7 Å². The van der Waals surface area contributed by atoms with Gasteiger partial charge in [0.05, 0.1) is 0 Å². The lowest BCUT2D eigenvalue weighted by atomic mass is 10.7. The van der Waals surface area contributed by atoms with Crippen LogP contribution in [0.15, 0.2) is 0 Å². The molecule has 1 aromatic heterocycles. The minimum absolute atomic E-state index is 0.362. The number of rotatable bonds is 1. The molecule has 1 aromatic rings. The van der Waals surface area contributed by atoms with Crippen LogP contribution in [-0.4, -0.2) is 22.0 Å². The van der Waals surface area contributed by atoms with Gasteiger partial charge in [-0.1, -0.05) is 0 Å². The van der Waals surface area contributed by atoms with Crippen molar-refractivity contribution in [2.45, 2.75) is 6.92 Å². The zero-order valence-electron chi connectivity index (χ0n) is 5.80. The molecule has 0 atom stereocenters. The summed E-state index contributed by atoms with van der Waals surface area (Å²) in [6, 6.07) is 0. The molecule has 2 N–H and O–H groups in total. The molecule has 54 valence electrons. The van der Waals surface area contributed by atoms with Gasteiger partial charge in [0.25, 0.3) is 0 Å². The van der Waals surface area contributed by atoms with Crippen LogP contribution in [0.2, 0.25) is 0 Å². The van der Waals surface area contributed by atoms with Gasteiger partial charge in [0.1, 0.15) is 5.82 Å². The second-order valence-corrected chi connectivity index (χ2v) is 2.18. The average molecular weight is 156 g/mol. The van der Waals surface area contributed by atoms with E-state index in [0.717, 1.165) is 5.82 Å². The van der Waals surface area contributed by atoms with Crippen molar-refractivity contribution < 1.29 is 0 Å². The van der Waals surface area contributed by atoms with Gasteiger partial charge in [-0.05, 0) is 19.1 Å². The van der Waals surface area contributed by atoms with E-state index in [1.54, 1.807) is 7.05 Å². The molecular formula is C5H8N4S. The highest BCUT2D eigenvalue weighted by Crippen LogP contribution is 1.94. The summed E-state index contributed by atoms with van der Waals surface area (Å²) in [6.45, 7) is 1.83. The molecule has 0 unspecified atom stereocenters. The monoisotopic (exact) mass is 156 g/mol. The molecule has 0 fully saturated rings. The highest BCUT2D eigenvalue weighted by molar-refractivity contribution is 7.71. The Morgan fingerprint density at radius 2 is 2.20 bits per heavy atom. The lowest BCUT2D eigenvalue weighted by Crippen LogP contribution is -1.99. The topological polar surface area (TPSA) is 53.6 Å². The first-order valence-corrected chi connectivity index (χ1v) is 3.26. The SMILES string of the molecule is CNc1nc(=S)nc(C)[nH]1. The molecule has 0 spiro atoms. The molecule has 10 heavy (non-hydrogen) atoms. The summed E-state index contributed by atoms with van der Waals surface area (Å²) in [6.07, 6.45) is 0. The number of anilines is 1. The molecule has 0 aliphatic heterocycles. The van der Waals surface area contributed by atoms with Gasteiger partial charge in [-0.3, -0.25) is 0 Å². The Kier molecular flexibility index (Phi) is 1.96. The molecule has 0 aliphatic carbocycles. The van der Waals surface area contributed by atoms with Gasteiger partial charge < -0.3 is 10.3 Å². The van der Waals surface area contributed by atoms with Crippen molar-refractivity contribution in [1.29, 1.82) is 0 Å². The molecule has 0 saturated heterocycles. The summed E-state index contributed by atoms with van der Waals surface area (Å²) >= 11 is 4.77. The summed E-state index contributed by atoms with van der Waals surface area (Å²) in [4.78, 5) is 10.7. The van der Waals surface area contributed by atoms with Gasteiger partial charge in [-0.25, -0.2) is 4.98 Å². The van der Waals surface area contributed by atoms with Crippen LogP contribution < -0.4 is 5.32 Å².